The summed E-state index contributed by atoms with van der Waals surface area (Å²) in [6.07, 6.45) is 5.26. The minimum Gasteiger partial charge on any atom is -0.290 e. The molecule has 5 heteroatoms. The second-order valence-corrected chi connectivity index (χ2v) is 3.22. The quantitative estimate of drug-likeness (QED) is 0.615. The molecule has 0 atom stereocenters. The molecule has 0 fully saturated rings. The summed E-state index contributed by atoms with van der Waals surface area (Å²) >= 11 is 0. The highest BCUT2D eigenvalue weighted by Crippen LogP contribution is 2.08. The maximum absolute atomic E-state index is 4.06. The molecule has 1 N–H and O–H groups in total. The van der Waals surface area contributed by atoms with Crippen molar-refractivity contribution in [2.24, 2.45) is 0 Å². The first-order valence-corrected chi connectivity index (χ1v) is 4.91. The topological polar surface area (TPSA) is 46.0 Å². The van der Waals surface area contributed by atoms with E-state index in [1.54, 1.807) is 28.3 Å². The number of fused-ring (bicyclic) bond motifs is 1. The van der Waals surface area contributed by atoms with E-state index >= 15 is 0 Å². The summed E-state index contributed by atoms with van der Waals surface area (Å²) in [4.78, 5) is 1.68. The Hall–Kier alpha value is -2.30. The smallest absolute Gasteiger partial charge is 0.115 e. The number of para-hydroxylation sites is 1. The Morgan fingerprint density at radius 2 is 2.25 bits per heavy atom. The predicted octanol–water partition coefficient (Wildman–Crippen LogP) is 1.20. The van der Waals surface area contributed by atoms with Crippen molar-refractivity contribution in [1.29, 1.82) is 0 Å². The fraction of sp³-hybridized carbons (Fsp3) is 0.0909. The first-order chi connectivity index (χ1) is 7.83. The zero-order valence-corrected chi connectivity index (χ0v) is 9.04. The summed E-state index contributed by atoms with van der Waals surface area (Å²) < 4.78 is 0. The summed E-state index contributed by atoms with van der Waals surface area (Å²) in [6.45, 7) is 3.59. The molecule has 5 nitrogen and oxygen atoms in total. The Kier molecular flexibility index (Phi) is 2.86. The van der Waals surface area contributed by atoms with Gasteiger partial charge in [-0.2, -0.15) is 0 Å². The van der Waals surface area contributed by atoms with Gasteiger partial charge in [-0.3, -0.25) is 5.43 Å². The van der Waals surface area contributed by atoms with Crippen LogP contribution in [0.2, 0.25) is 0 Å². The van der Waals surface area contributed by atoms with Crippen molar-refractivity contribution in [3.8, 4) is 0 Å². The zero-order valence-electron chi connectivity index (χ0n) is 9.04. The summed E-state index contributed by atoms with van der Waals surface area (Å²) in [5, 5.41) is 9.83. The second-order valence-electron chi connectivity index (χ2n) is 3.22. The second kappa shape index (κ2) is 4.48. The van der Waals surface area contributed by atoms with Gasteiger partial charge in [0.1, 0.15) is 11.0 Å². The van der Waals surface area contributed by atoms with E-state index in [0.29, 0.717) is 0 Å². The van der Waals surface area contributed by atoms with Crippen LogP contribution >= 0.6 is 0 Å². The van der Waals surface area contributed by atoms with Gasteiger partial charge in [0.25, 0.3) is 0 Å². The van der Waals surface area contributed by atoms with Gasteiger partial charge in [0, 0.05) is 13.2 Å². The molecule has 0 aliphatic carbocycles. The Morgan fingerprint density at radius 1 is 1.44 bits per heavy atom. The van der Waals surface area contributed by atoms with E-state index in [1.807, 2.05) is 31.3 Å². The number of hydrogen-bond donors (Lipinski definition) is 1. The third-order valence-corrected chi connectivity index (χ3v) is 2.11. The molecule has 0 radical (unpaired) electrons. The van der Waals surface area contributed by atoms with Gasteiger partial charge in [-0.1, -0.05) is 24.8 Å². The van der Waals surface area contributed by atoms with Crippen molar-refractivity contribution in [2.45, 2.75) is 0 Å². The van der Waals surface area contributed by atoms with E-state index in [4.69, 9.17) is 0 Å². The average molecular weight is 215 g/mol. The van der Waals surface area contributed by atoms with Crippen molar-refractivity contribution in [2.75, 3.05) is 12.2 Å². The lowest BCUT2D eigenvalue weighted by Gasteiger charge is -2.18. The molecule has 1 aromatic heterocycles. The van der Waals surface area contributed by atoms with Crippen LogP contribution in [0, 0.1) is 0 Å². The largest absolute Gasteiger partial charge is 0.290 e. The lowest BCUT2D eigenvalue weighted by Crippen LogP contribution is -2.40. The van der Waals surface area contributed by atoms with Crippen LogP contribution in [0.15, 0.2) is 49.2 Å². The van der Waals surface area contributed by atoms with Crippen molar-refractivity contribution >= 4 is 11.0 Å². The Bertz CT molecular complexity index is 514. The lowest BCUT2D eigenvalue weighted by atomic mass is 10.3. The number of hydrazine groups is 1. The van der Waals surface area contributed by atoms with E-state index in [2.05, 4.69) is 22.3 Å². The monoisotopic (exact) mass is 215 g/mol. The van der Waals surface area contributed by atoms with Crippen LogP contribution in [0.1, 0.15) is 0 Å². The van der Waals surface area contributed by atoms with Crippen LogP contribution in [0.25, 0.3) is 11.0 Å². The van der Waals surface area contributed by atoms with E-state index in [0.717, 1.165) is 11.0 Å². The molecule has 0 bridgehead atoms. The van der Waals surface area contributed by atoms with E-state index in [1.165, 1.54) is 0 Å². The fourth-order valence-corrected chi connectivity index (χ4v) is 1.35. The van der Waals surface area contributed by atoms with Crippen LogP contribution in [0.5, 0.6) is 0 Å². The standard InChI is InChI=1S/C11H13N5/c1-3-4-9-12-15(2)16-11-8-6-5-7-10(11)13-14-16/h3-9,12H,1H2,2H3/b9-4-. The number of aromatic nitrogens is 3. The summed E-state index contributed by atoms with van der Waals surface area (Å²) in [6, 6.07) is 7.78. The summed E-state index contributed by atoms with van der Waals surface area (Å²) in [5.41, 5.74) is 4.83. The van der Waals surface area contributed by atoms with Crippen molar-refractivity contribution in [3.63, 3.8) is 0 Å². The average Bonchev–Trinajstić information content (AvgIpc) is 2.73. The first-order valence-electron chi connectivity index (χ1n) is 4.91. The minimum atomic E-state index is 0.865. The molecule has 1 aromatic carbocycles. The molecule has 0 aliphatic rings. The lowest BCUT2D eigenvalue weighted by molar-refractivity contribution is 0.536. The highest BCUT2D eigenvalue weighted by Gasteiger charge is 2.05. The molecule has 1 heterocycles. The summed E-state index contributed by atoms with van der Waals surface area (Å²) in [7, 11) is 1.86. The SMILES string of the molecule is C=C/C=C\NN(C)n1nnc2ccccc21. The summed E-state index contributed by atoms with van der Waals surface area (Å²) in [5.74, 6) is 0. The van der Waals surface area contributed by atoms with Gasteiger partial charge in [0.2, 0.25) is 0 Å². The molecular weight excluding hydrogens is 202 g/mol. The third kappa shape index (κ3) is 1.88. The number of nitrogens with zero attached hydrogens (tertiary/aromatic N) is 4. The molecule has 0 saturated heterocycles. The van der Waals surface area contributed by atoms with Gasteiger partial charge in [-0.05, 0) is 23.4 Å². The van der Waals surface area contributed by atoms with Crippen molar-refractivity contribution in [3.05, 3.63) is 49.2 Å². The van der Waals surface area contributed by atoms with E-state index in [-0.39, 0.29) is 0 Å². The maximum atomic E-state index is 4.06. The third-order valence-electron chi connectivity index (χ3n) is 2.11. The van der Waals surface area contributed by atoms with Crippen LogP contribution in [0.3, 0.4) is 0 Å². The first kappa shape index (κ1) is 10.2. The van der Waals surface area contributed by atoms with Crippen molar-refractivity contribution in [1.82, 2.24) is 20.5 Å². The number of nitrogens with one attached hydrogen (secondary N) is 1. The van der Waals surface area contributed by atoms with Crippen LogP contribution in [0.4, 0.5) is 0 Å². The molecule has 16 heavy (non-hydrogen) atoms. The van der Waals surface area contributed by atoms with Gasteiger partial charge in [-0.15, -0.1) is 9.89 Å². The molecule has 82 valence electrons. The zero-order chi connectivity index (χ0) is 11.4. The highest BCUT2D eigenvalue weighted by molar-refractivity contribution is 5.74. The van der Waals surface area contributed by atoms with Crippen LogP contribution in [-0.4, -0.2) is 22.2 Å². The Labute approximate surface area is 93.6 Å². The predicted molar refractivity (Wildman–Crippen MR) is 64.1 cm³/mol. The van der Waals surface area contributed by atoms with Crippen molar-refractivity contribution < 1.29 is 0 Å². The van der Waals surface area contributed by atoms with Gasteiger partial charge in [-0.25, -0.2) is 5.12 Å². The molecule has 2 aromatic rings. The molecular formula is C11H13N5. The number of benzene rings is 1. The number of hydrogen-bond acceptors (Lipinski definition) is 4. The highest BCUT2D eigenvalue weighted by atomic mass is 15.8. The maximum Gasteiger partial charge on any atom is 0.115 e. The Balaban J connectivity index is 2.25. The Morgan fingerprint density at radius 3 is 3.06 bits per heavy atom. The van der Waals surface area contributed by atoms with Crippen LogP contribution < -0.4 is 10.5 Å². The fourth-order valence-electron chi connectivity index (χ4n) is 1.35. The number of allylic oxidation sites excluding steroid dienone is 2. The molecule has 0 unspecified atom stereocenters. The van der Waals surface area contributed by atoms with Gasteiger partial charge in [0.05, 0.1) is 0 Å². The number of rotatable bonds is 4. The van der Waals surface area contributed by atoms with Gasteiger partial charge in [0.15, 0.2) is 0 Å². The van der Waals surface area contributed by atoms with E-state index in [9.17, 15) is 0 Å². The minimum absolute atomic E-state index is 0.865. The molecule has 0 aliphatic heterocycles. The molecule has 2 rings (SSSR count). The van der Waals surface area contributed by atoms with E-state index < -0.39 is 0 Å². The molecule has 0 spiro atoms. The van der Waals surface area contributed by atoms with Crippen LogP contribution in [-0.2, 0) is 0 Å². The molecule has 0 saturated carbocycles. The van der Waals surface area contributed by atoms with Gasteiger partial charge >= 0.3 is 0 Å². The molecule has 0 amide bonds. The van der Waals surface area contributed by atoms with Gasteiger partial charge < -0.3 is 0 Å². The normalized spacial score (nSPS) is 10.8.